The average molecular weight is 398 g/mol. The van der Waals surface area contributed by atoms with E-state index in [-0.39, 0.29) is 11.6 Å². The smallest absolute Gasteiger partial charge is 0.344 e. The van der Waals surface area contributed by atoms with Crippen LogP contribution < -0.4 is 10.7 Å². The number of halogens is 1. The van der Waals surface area contributed by atoms with Gasteiger partial charge in [0.1, 0.15) is 17.4 Å². The Morgan fingerprint density at radius 1 is 1.24 bits per heavy atom. The van der Waals surface area contributed by atoms with Crippen molar-refractivity contribution >= 4 is 17.8 Å². The van der Waals surface area contributed by atoms with Crippen molar-refractivity contribution in [3.05, 3.63) is 65.9 Å². The van der Waals surface area contributed by atoms with Crippen molar-refractivity contribution in [1.29, 1.82) is 0 Å². The lowest BCUT2D eigenvalue weighted by molar-refractivity contribution is -0.133. The molecule has 0 radical (unpaired) electrons. The van der Waals surface area contributed by atoms with Crippen molar-refractivity contribution in [3.8, 4) is 5.69 Å². The molecule has 11 heteroatoms. The van der Waals surface area contributed by atoms with Gasteiger partial charge in [0.15, 0.2) is 5.54 Å². The first kappa shape index (κ1) is 18.3. The number of urea groups is 1. The predicted molar refractivity (Wildman–Crippen MR) is 95.0 cm³/mol. The number of carbonyl (C=O) groups is 3. The molecular formula is C18H15FN6O4. The Balaban J connectivity index is 1.56. The van der Waals surface area contributed by atoms with Gasteiger partial charge in [-0.25, -0.2) is 24.3 Å². The largest absolute Gasteiger partial charge is 0.466 e. The molecule has 2 aromatic heterocycles. The maximum Gasteiger partial charge on any atom is 0.344 e. The standard InChI is InChI=1S/C18H15FN6O4/c1-10-20-14(22-24(10)12-7-5-11(19)6-8-12)15(26)23-25-16(27)18(2,21-17(25)28)13-4-3-9-29-13/h3-9H,1-2H3,(H,21,28)(H,23,26)/t18-/m1/s1. The summed E-state index contributed by atoms with van der Waals surface area (Å²) in [4.78, 5) is 41.5. The van der Waals surface area contributed by atoms with Crippen molar-refractivity contribution in [3.63, 3.8) is 0 Å². The predicted octanol–water partition coefficient (Wildman–Crippen LogP) is 1.42. The van der Waals surface area contributed by atoms with Crippen LogP contribution in [0.2, 0.25) is 0 Å². The van der Waals surface area contributed by atoms with Crippen LogP contribution in [0.1, 0.15) is 29.1 Å². The number of hydrogen-bond acceptors (Lipinski definition) is 6. The third-order valence-electron chi connectivity index (χ3n) is 4.46. The van der Waals surface area contributed by atoms with Crippen LogP contribution in [0.3, 0.4) is 0 Å². The molecule has 29 heavy (non-hydrogen) atoms. The summed E-state index contributed by atoms with van der Waals surface area (Å²) in [6.45, 7) is 3.07. The van der Waals surface area contributed by atoms with Crippen LogP contribution >= 0.6 is 0 Å². The lowest BCUT2D eigenvalue weighted by Crippen LogP contribution is -2.48. The fourth-order valence-electron chi connectivity index (χ4n) is 2.94. The summed E-state index contributed by atoms with van der Waals surface area (Å²) in [5.74, 6) is -1.68. The fraction of sp³-hybridized carbons (Fsp3) is 0.167. The summed E-state index contributed by atoms with van der Waals surface area (Å²) < 4.78 is 19.7. The van der Waals surface area contributed by atoms with E-state index in [0.29, 0.717) is 16.5 Å². The minimum absolute atomic E-state index is 0.224. The highest BCUT2D eigenvalue weighted by Gasteiger charge is 2.52. The van der Waals surface area contributed by atoms with Crippen LogP contribution in [-0.4, -0.2) is 37.6 Å². The van der Waals surface area contributed by atoms with E-state index in [4.69, 9.17) is 4.42 Å². The second-order valence-electron chi connectivity index (χ2n) is 6.48. The number of nitrogens with zero attached hydrogens (tertiary/aromatic N) is 4. The number of nitrogens with one attached hydrogen (secondary N) is 2. The second kappa shape index (κ2) is 6.55. The van der Waals surface area contributed by atoms with Crippen molar-refractivity contribution in [2.75, 3.05) is 0 Å². The average Bonchev–Trinajstić information content (AvgIpc) is 3.40. The first-order valence-corrected chi connectivity index (χ1v) is 8.51. The summed E-state index contributed by atoms with van der Waals surface area (Å²) in [5.41, 5.74) is 1.25. The Morgan fingerprint density at radius 3 is 2.62 bits per heavy atom. The molecule has 3 aromatic rings. The van der Waals surface area contributed by atoms with Crippen LogP contribution in [0.25, 0.3) is 5.69 Å². The van der Waals surface area contributed by atoms with Gasteiger partial charge in [-0.05, 0) is 50.2 Å². The van der Waals surface area contributed by atoms with Crippen LogP contribution in [-0.2, 0) is 10.3 Å². The maximum atomic E-state index is 13.1. The molecule has 1 aliphatic rings. The number of rotatable bonds is 4. The Hall–Kier alpha value is -4.02. The molecule has 0 bridgehead atoms. The molecule has 1 aliphatic heterocycles. The van der Waals surface area contributed by atoms with Crippen LogP contribution in [0.4, 0.5) is 9.18 Å². The number of benzene rings is 1. The van der Waals surface area contributed by atoms with E-state index in [1.54, 1.807) is 19.1 Å². The molecule has 3 heterocycles. The summed E-state index contributed by atoms with van der Waals surface area (Å²) in [6.07, 6.45) is 1.37. The van der Waals surface area contributed by atoms with Gasteiger partial charge in [0.25, 0.3) is 5.91 Å². The number of hydrogen-bond donors (Lipinski definition) is 2. The molecule has 2 N–H and O–H groups in total. The molecule has 0 saturated carbocycles. The number of hydrazine groups is 1. The van der Waals surface area contributed by atoms with Gasteiger partial charge in [-0.3, -0.25) is 9.59 Å². The summed E-state index contributed by atoms with van der Waals surface area (Å²) >= 11 is 0. The first-order valence-electron chi connectivity index (χ1n) is 8.51. The summed E-state index contributed by atoms with van der Waals surface area (Å²) in [5, 5.41) is 7.11. The zero-order chi connectivity index (χ0) is 20.8. The molecule has 1 saturated heterocycles. The van der Waals surface area contributed by atoms with Crippen molar-refractivity contribution in [2.45, 2.75) is 19.4 Å². The number of furan rings is 1. The Morgan fingerprint density at radius 2 is 1.97 bits per heavy atom. The molecular weight excluding hydrogens is 383 g/mol. The molecule has 4 rings (SSSR count). The minimum Gasteiger partial charge on any atom is -0.466 e. The van der Waals surface area contributed by atoms with Gasteiger partial charge in [0.2, 0.25) is 5.82 Å². The summed E-state index contributed by atoms with van der Waals surface area (Å²) in [7, 11) is 0. The number of amides is 4. The van der Waals surface area contributed by atoms with E-state index in [1.807, 2.05) is 0 Å². The highest BCUT2D eigenvalue weighted by molar-refractivity contribution is 6.08. The monoisotopic (exact) mass is 398 g/mol. The molecule has 1 atom stereocenters. The Kier molecular flexibility index (Phi) is 4.14. The van der Waals surface area contributed by atoms with E-state index >= 15 is 0 Å². The van der Waals surface area contributed by atoms with E-state index in [9.17, 15) is 18.8 Å². The highest BCUT2D eigenvalue weighted by atomic mass is 19.1. The maximum absolute atomic E-state index is 13.1. The Bertz CT molecular complexity index is 1110. The number of aryl methyl sites for hydroxylation is 1. The van der Waals surface area contributed by atoms with Gasteiger partial charge < -0.3 is 9.73 Å². The zero-order valence-electron chi connectivity index (χ0n) is 15.3. The van der Waals surface area contributed by atoms with Gasteiger partial charge >= 0.3 is 11.9 Å². The van der Waals surface area contributed by atoms with Crippen LogP contribution in [0, 0.1) is 12.7 Å². The lowest BCUT2D eigenvalue weighted by Gasteiger charge is -2.18. The van der Waals surface area contributed by atoms with Gasteiger partial charge in [0, 0.05) is 0 Å². The summed E-state index contributed by atoms with van der Waals surface area (Å²) in [6, 6.07) is 7.75. The third-order valence-corrected chi connectivity index (χ3v) is 4.46. The van der Waals surface area contributed by atoms with Gasteiger partial charge in [0.05, 0.1) is 12.0 Å². The van der Waals surface area contributed by atoms with E-state index < -0.39 is 29.2 Å². The SMILES string of the molecule is Cc1nc(C(=O)NN2C(=O)N[C@](C)(c3ccco3)C2=O)nn1-c1ccc(F)cc1. The van der Waals surface area contributed by atoms with Gasteiger partial charge in [-0.15, -0.1) is 5.10 Å². The van der Waals surface area contributed by atoms with Crippen molar-refractivity contribution in [2.24, 2.45) is 0 Å². The molecule has 1 fully saturated rings. The quantitative estimate of drug-likeness (QED) is 0.641. The normalized spacial score (nSPS) is 18.8. The molecule has 148 valence electrons. The molecule has 0 aliphatic carbocycles. The first-order chi connectivity index (χ1) is 13.8. The number of carbonyl (C=O) groups excluding carboxylic acids is 3. The molecule has 0 spiro atoms. The zero-order valence-corrected chi connectivity index (χ0v) is 15.3. The second-order valence-corrected chi connectivity index (χ2v) is 6.48. The highest BCUT2D eigenvalue weighted by Crippen LogP contribution is 2.28. The minimum atomic E-state index is -1.45. The van der Waals surface area contributed by atoms with Crippen LogP contribution in [0.15, 0.2) is 47.1 Å². The molecule has 10 nitrogen and oxygen atoms in total. The Labute approximate surface area is 163 Å². The number of aromatic nitrogens is 3. The van der Waals surface area contributed by atoms with Crippen molar-refractivity contribution in [1.82, 2.24) is 30.5 Å². The van der Waals surface area contributed by atoms with E-state index in [2.05, 4.69) is 20.8 Å². The van der Waals surface area contributed by atoms with E-state index in [1.165, 1.54) is 42.1 Å². The van der Waals surface area contributed by atoms with Crippen LogP contribution in [0.5, 0.6) is 0 Å². The van der Waals surface area contributed by atoms with E-state index in [0.717, 1.165) is 0 Å². The topological polar surface area (TPSA) is 122 Å². The molecule has 1 aromatic carbocycles. The molecule has 0 unspecified atom stereocenters. The molecule has 4 amide bonds. The fourth-order valence-corrected chi connectivity index (χ4v) is 2.94. The third kappa shape index (κ3) is 3.02. The lowest BCUT2D eigenvalue weighted by atomic mass is 10.00. The van der Waals surface area contributed by atoms with Gasteiger partial charge in [-0.2, -0.15) is 5.01 Å². The van der Waals surface area contributed by atoms with Gasteiger partial charge in [-0.1, -0.05) is 0 Å². The number of imide groups is 1. The van der Waals surface area contributed by atoms with Crippen molar-refractivity contribution < 1.29 is 23.2 Å².